The Morgan fingerprint density at radius 3 is 2.50 bits per heavy atom. The molecule has 22 heavy (non-hydrogen) atoms. The molecule has 4 aliphatic carbocycles. The lowest BCUT2D eigenvalue weighted by molar-refractivity contribution is -0.139. The topological polar surface area (TPSA) is 17.1 Å². The molecule has 0 heterocycles. The van der Waals surface area contributed by atoms with Crippen LogP contribution in [0.2, 0.25) is 0 Å². The fourth-order valence-corrected chi connectivity index (χ4v) is 8.18. The summed E-state index contributed by atoms with van der Waals surface area (Å²) in [6.07, 6.45) is 12.1. The number of carbonyl (C=O) groups excluding carboxylic acids is 1. The molecular formula is C20H31BrO. The van der Waals surface area contributed by atoms with Gasteiger partial charge in [0.25, 0.3) is 0 Å². The van der Waals surface area contributed by atoms with Gasteiger partial charge in [0.1, 0.15) is 0 Å². The normalized spacial score (nSPS) is 57.9. The Hall–Kier alpha value is 0.150. The lowest BCUT2D eigenvalue weighted by atomic mass is 9.45. The standard InChI is InChI=1S/C20H31BrO/c1-18-10-5-4-6-13(18)7-8-14-15(18)9-11-19(2)16(14)12-20(3,21)17(19)22/h13-16H,4-12H2,1-3H3/t13-,14-,15+,16+,18+,19+,20-/m1/s1. The largest absolute Gasteiger partial charge is 0.298 e. The first-order chi connectivity index (χ1) is 10.3. The minimum Gasteiger partial charge on any atom is -0.298 e. The molecule has 0 radical (unpaired) electrons. The maximum absolute atomic E-state index is 13.0. The van der Waals surface area contributed by atoms with Gasteiger partial charge in [-0.15, -0.1) is 0 Å². The van der Waals surface area contributed by atoms with Gasteiger partial charge in [-0.05, 0) is 81.0 Å². The van der Waals surface area contributed by atoms with Gasteiger partial charge in [-0.2, -0.15) is 0 Å². The third kappa shape index (κ3) is 1.91. The zero-order chi connectivity index (χ0) is 15.8. The summed E-state index contributed by atoms with van der Waals surface area (Å²) in [5, 5.41) is 0. The van der Waals surface area contributed by atoms with Gasteiger partial charge in [-0.3, -0.25) is 4.79 Å². The maximum Gasteiger partial charge on any atom is 0.155 e. The van der Waals surface area contributed by atoms with Crippen molar-refractivity contribution < 1.29 is 4.79 Å². The number of carbonyl (C=O) groups is 1. The molecule has 0 N–H and O–H groups in total. The molecule has 124 valence electrons. The summed E-state index contributed by atoms with van der Waals surface area (Å²) >= 11 is 3.78. The molecule has 0 bridgehead atoms. The van der Waals surface area contributed by atoms with E-state index >= 15 is 0 Å². The van der Waals surface area contributed by atoms with Gasteiger partial charge in [-0.1, -0.05) is 42.6 Å². The molecule has 0 unspecified atom stereocenters. The molecule has 1 nitrogen and oxygen atoms in total. The van der Waals surface area contributed by atoms with Gasteiger partial charge in [0.05, 0.1) is 4.32 Å². The highest BCUT2D eigenvalue weighted by atomic mass is 79.9. The van der Waals surface area contributed by atoms with Crippen molar-refractivity contribution in [2.75, 3.05) is 0 Å². The molecule has 0 aromatic carbocycles. The Bertz CT molecular complexity index is 498. The van der Waals surface area contributed by atoms with E-state index in [1.54, 1.807) is 0 Å². The first-order valence-corrected chi connectivity index (χ1v) is 10.3. The molecule has 0 aromatic rings. The molecular weight excluding hydrogens is 336 g/mol. The van der Waals surface area contributed by atoms with Crippen LogP contribution < -0.4 is 0 Å². The first-order valence-electron chi connectivity index (χ1n) is 9.53. The number of ketones is 1. The van der Waals surface area contributed by atoms with E-state index in [4.69, 9.17) is 0 Å². The third-order valence-electron chi connectivity index (χ3n) is 8.57. The second-order valence-electron chi connectivity index (χ2n) is 9.59. The summed E-state index contributed by atoms with van der Waals surface area (Å²) in [6.45, 7) is 7.03. The van der Waals surface area contributed by atoms with Gasteiger partial charge < -0.3 is 0 Å². The summed E-state index contributed by atoms with van der Waals surface area (Å²) in [5.74, 6) is 3.79. The van der Waals surface area contributed by atoms with Crippen LogP contribution in [0.1, 0.15) is 78.6 Å². The van der Waals surface area contributed by atoms with E-state index in [2.05, 4.69) is 36.7 Å². The monoisotopic (exact) mass is 366 g/mol. The highest BCUT2D eigenvalue weighted by Crippen LogP contribution is 2.67. The van der Waals surface area contributed by atoms with Gasteiger partial charge in [-0.25, -0.2) is 0 Å². The minimum atomic E-state index is -0.258. The van der Waals surface area contributed by atoms with Crippen LogP contribution in [-0.4, -0.2) is 10.1 Å². The molecule has 0 spiro atoms. The van der Waals surface area contributed by atoms with Gasteiger partial charge >= 0.3 is 0 Å². The van der Waals surface area contributed by atoms with Crippen molar-refractivity contribution in [3.63, 3.8) is 0 Å². The highest BCUT2D eigenvalue weighted by Gasteiger charge is 2.64. The highest BCUT2D eigenvalue weighted by molar-refractivity contribution is 9.10. The smallest absolute Gasteiger partial charge is 0.155 e. The second-order valence-corrected chi connectivity index (χ2v) is 11.3. The zero-order valence-electron chi connectivity index (χ0n) is 14.5. The van der Waals surface area contributed by atoms with Crippen molar-refractivity contribution >= 4 is 21.7 Å². The first kappa shape index (κ1) is 15.7. The predicted molar refractivity (Wildman–Crippen MR) is 94.1 cm³/mol. The van der Waals surface area contributed by atoms with Crippen LogP contribution in [0.5, 0.6) is 0 Å². The predicted octanol–water partition coefficient (Wildman–Crippen LogP) is 5.75. The molecule has 0 aromatic heterocycles. The number of fused-ring (bicyclic) bond motifs is 5. The van der Waals surface area contributed by atoms with Crippen molar-refractivity contribution in [3.05, 3.63) is 0 Å². The van der Waals surface area contributed by atoms with E-state index in [0.717, 1.165) is 30.6 Å². The molecule has 4 aliphatic rings. The van der Waals surface area contributed by atoms with Crippen molar-refractivity contribution in [3.8, 4) is 0 Å². The summed E-state index contributed by atoms with van der Waals surface area (Å²) in [7, 11) is 0. The van der Waals surface area contributed by atoms with E-state index in [9.17, 15) is 4.79 Å². The molecule has 7 atom stereocenters. The van der Waals surface area contributed by atoms with Crippen molar-refractivity contribution in [1.82, 2.24) is 0 Å². The number of alkyl halides is 1. The van der Waals surface area contributed by atoms with E-state index < -0.39 is 0 Å². The Kier molecular flexibility index (Phi) is 3.44. The van der Waals surface area contributed by atoms with Crippen molar-refractivity contribution in [1.29, 1.82) is 0 Å². The van der Waals surface area contributed by atoms with Crippen LogP contribution in [0, 0.1) is 34.5 Å². The van der Waals surface area contributed by atoms with E-state index in [-0.39, 0.29) is 9.74 Å². The van der Waals surface area contributed by atoms with Crippen LogP contribution in [0.15, 0.2) is 0 Å². The third-order valence-corrected chi connectivity index (χ3v) is 9.25. The fraction of sp³-hybridized carbons (Fsp3) is 0.950. The lowest BCUT2D eigenvalue weighted by Gasteiger charge is -2.59. The molecule has 4 fully saturated rings. The van der Waals surface area contributed by atoms with Crippen LogP contribution in [0.25, 0.3) is 0 Å². The second kappa shape index (κ2) is 4.83. The summed E-state index contributed by atoms with van der Waals surface area (Å²) in [6, 6.07) is 0. The van der Waals surface area contributed by atoms with E-state index in [1.807, 2.05) is 0 Å². The number of rotatable bonds is 0. The van der Waals surface area contributed by atoms with Gasteiger partial charge in [0, 0.05) is 5.41 Å². The van der Waals surface area contributed by atoms with Crippen LogP contribution in [-0.2, 0) is 4.79 Å². The van der Waals surface area contributed by atoms with Crippen LogP contribution in [0.4, 0.5) is 0 Å². The molecule has 4 rings (SSSR count). The van der Waals surface area contributed by atoms with Gasteiger partial charge in [0.2, 0.25) is 0 Å². The molecule has 0 saturated heterocycles. The summed E-state index contributed by atoms with van der Waals surface area (Å²) in [4.78, 5) is 13.0. The maximum atomic E-state index is 13.0. The van der Waals surface area contributed by atoms with Crippen molar-refractivity contribution in [2.45, 2.75) is 82.9 Å². The van der Waals surface area contributed by atoms with Crippen molar-refractivity contribution in [2.24, 2.45) is 34.5 Å². The van der Waals surface area contributed by atoms with Crippen LogP contribution >= 0.6 is 15.9 Å². The van der Waals surface area contributed by atoms with Crippen LogP contribution in [0.3, 0.4) is 0 Å². The molecule has 0 amide bonds. The van der Waals surface area contributed by atoms with Gasteiger partial charge in [0.15, 0.2) is 5.78 Å². The SMILES string of the molecule is C[C@]12CCCC[C@@H]1CC[C@@H]1[C@@H]2CC[C@]2(C)C(=O)[C@](C)(Br)C[C@@H]12. The molecule has 2 heteroatoms. The fourth-order valence-electron chi connectivity index (χ4n) is 7.37. The number of hydrogen-bond donors (Lipinski definition) is 0. The van der Waals surface area contributed by atoms with E-state index in [0.29, 0.717) is 17.1 Å². The Labute approximate surface area is 144 Å². The number of hydrogen-bond acceptors (Lipinski definition) is 1. The Morgan fingerprint density at radius 2 is 1.73 bits per heavy atom. The number of Topliss-reactive ketones (excluding diaryl/α,β-unsaturated/α-hetero) is 1. The lowest BCUT2D eigenvalue weighted by Crippen LogP contribution is -2.52. The quantitative estimate of drug-likeness (QED) is 0.498. The average Bonchev–Trinajstić information content (AvgIpc) is 2.66. The number of halogens is 1. The average molecular weight is 367 g/mol. The summed E-state index contributed by atoms with van der Waals surface area (Å²) in [5.41, 5.74) is 0.536. The molecule has 4 saturated carbocycles. The zero-order valence-corrected chi connectivity index (χ0v) is 16.0. The Balaban J connectivity index is 1.68. The molecule has 0 aliphatic heterocycles. The Morgan fingerprint density at radius 1 is 0.955 bits per heavy atom. The van der Waals surface area contributed by atoms with E-state index in [1.165, 1.54) is 44.9 Å². The minimum absolute atomic E-state index is 0.0444. The summed E-state index contributed by atoms with van der Waals surface area (Å²) < 4.78 is -0.258.